The van der Waals surface area contributed by atoms with E-state index in [0.717, 1.165) is 18.7 Å². The van der Waals surface area contributed by atoms with Crippen molar-refractivity contribution in [1.29, 1.82) is 0 Å². The molecular weight excluding hydrogens is 356 g/mol. The average molecular weight is 376 g/mol. The predicted molar refractivity (Wildman–Crippen MR) is 109 cm³/mol. The van der Waals surface area contributed by atoms with Crippen molar-refractivity contribution in [1.82, 2.24) is 15.1 Å². The fourth-order valence-electron chi connectivity index (χ4n) is 4.45. The highest BCUT2D eigenvalue weighted by Gasteiger charge is 2.31. The number of anilines is 1. The first-order chi connectivity index (χ1) is 13.3. The van der Waals surface area contributed by atoms with Gasteiger partial charge in [-0.1, -0.05) is 23.3 Å². The van der Waals surface area contributed by atoms with Crippen LogP contribution in [-0.4, -0.2) is 47.3 Å². The maximum absolute atomic E-state index is 6.14. The van der Waals surface area contributed by atoms with E-state index in [1.165, 1.54) is 46.1 Å². The molecule has 4 aromatic rings. The van der Waals surface area contributed by atoms with Crippen molar-refractivity contribution in [2.75, 3.05) is 31.1 Å². The van der Waals surface area contributed by atoms with E-state index in [-0.39, 0.29) is 0 Å². The molecule has 3 aliphatic heterocycles. The monoisotopic (exact) mass is 376 g/mol. The van der Waals surface area contributed by atoms with Gasteiger partial charge in [-0.15, -0.1) is 16.4 Å². The molecule has 3 saturated heterocycles. The number of rotatable bonds is 2. The number of piperidine rings is 1. The third-order valence-corrected chi connectivity index (χ3v) is 7.09. The number of thiophene rings is 1. The molecule has 0 unspecified atom stereocenters. The van der Waals surface area contributed by atoms with Crippen LogP contribution in [0.2, 0.25) is 0 Å². The Morgan fingerprint density at radius 1 is 0.889 bits per heavy atom. The van der Waals surface area contributed by atoms with E-state index >= 15 is 0 Å². The third kappa shape index (κ3) is 2.55. The van der Waals surface area contributed by atoms with Gasteiger partial charge in [0.1, 0.15) is 0 Å². The largest absolute Gasteiger partial charge is 0.403 e. The molecule has 5 nitrogen and oxygen atoms in total. The van der Waals surface area contributed by atoms with Crippen LogP contribution in [0.4, 0.5) is 6.01 Å². The molecule has 3 aliphatic rings. The first kappa shape index (κ1) is 15.6. The highest BCUT2D eigenvalue weighted by Crippen LogP contribution is 2.36. The quantitative estimate of drug-likeness (QED) is 0.519. The fraction of sp³-hybridized carbons (Fsp3) is 0.333. The molecule has 0 atom stereocenters. The molecule has 5 heterocycles. The van der Waals surface area contributed by atoms with Gasteiger partial charge >= 0.3 is 6.01 Å². The maximum atomic E-state index is 6.14. The zero-order chi connectivity index (χ0) is 17.8. The first-order valence-corrected chi connectivity index (χ1v) is 10.4. The van der Waals surface area contributed by atoms with Gasteiger partial charge in [0.15, 0.2) is 0 Å². The Balaban J connectivity index is 1.38. The minimum absolute atomic E-state index is 0.528. The number of benzene rings is 2. The summed E-state index contributed by atoms with van der Waals surface area (Å²) >= 11 is 1.82. The number of nitrogens with zero attached hydrogens (tertiary/aromatic N) is 4. The number of aromatic nitrogens is 2. The van der Waals surface area contributed by atoms with E-state index in [9.17, 15) is 0 Å². The van der Waals surface area contributed by atoms with E-state index in [2.05, 4.69) is 62.5 Å². The van der Waals surface area contributed by atoms with Gasteiger partial charge in [-0.25, -0.2) is 0 Å². The molecule has 6 heteroatoms. The highest BCUT2D eigenvalue weighted by atomic mass is 32.1. The van der Waals surface area contributed by atoms with Crippen LogP contribution in [0, 0.1) is 0 Å². The summed E-state index contributed by atoms with van der Waals surface area (Å²) < 4.78 is 8.74. The molecule has 0 spiro atoms. The summed E-state index contributed by atoms with van der Waals surface area (Å²) in [5.74, 6) is 0.612. The van der Waals surface area contributed by atoms with Crippen LogP contribution in [0.1, 0.15) is 12.8 Å². The second-order valence-corrected chi connectivity index (χ2v) is 8.55. The lowest BCUT2D eigenvalue weighted by molar-refractivity contribution is 0.249. The van der Waals surface area contributed by atoms with Crippen LogP contribution >= 0.6 is 11.3 Å². The molecule has 3 fully saturated rings. The van der Waals surface area contributed by atoms with Crippen LogP contribution < -0.4 is 4.90 Å². The van der Waals surface area contributed by atoms with E-state index < -0.39 is 0 Å². The molecule has 0 N–H and O–H groups in total. The Bertz CT molecular complexity index is 1130. The molecule has 2 aromatic carbocycles. The Morgan fingerprint density at radius 2 is 1.74 bits per heavy atom. The molecule has 27 heavy (non-hydrogen) atoms. The molecular formula is C21H20N4OS. The van der Waals surface area contributed by atoms with Crippen molar-refractivity contribution in [2.24, 2.45) is 0 Å². The van der Waals surface area contributed by atoms with Gasteiger partial charge in [-0.05, 0) is 37.1 Å². The summed E-state index contributed by atoms with van der Waals surface area (Å²) in [7, 11) is 0. The second kappa shape index (κ2) is 6.04. The molecule has 0 aliphatic carbocycles. The molecule has 7 rings (SSSR count). The van der Waals surface area contributed by atoms with E-state index in [1.54, 1.807) is 0 Å². The molecule has 0 amide bonds. The third-order valence-electron chi connectivity index (χ3n) is 5.94. The number of hydrogen-bond acceptors (Lipinski definition) is 6. The van der Waals surface area contributed by atoms with E-state index in [1.807, 2.05) is 11.3 Å². The van der Waals surface area contributed by atoms with Crippen molar-refractivity contribution in [3.05, 3.63) is 42.5 Å². The number of fused-ring (bicyclic) bond motifs is 7. The Hall–Kier alpha value is -2.44. The lowest BCUT2D eigenvalue weighted by atomic mass is 10.1. The average Bonchev–Trinajstić information content (AvgIpc) is 3.23. The zero-order valence-corrected chi connectivity index (χ0v) is 15.8. The Labute approximate surface area is 161 Å². The van der Waals surface area contributed by atoms with E-state index in [4.69, 9.17) is 4.42 Å². The highest BCUT2D eigenvalue weighted by molar-refractivity contribution is 7.25. The lowest BCUT2D eigenvalue weighted by Gasteiger charge is -2.29. The zero-order valence-electron chi connectivity index (χ0n) is 15.0. The van der Waals surface area contributed by atoms with Gasteiger partial charge < -0.3 is 14.2 Å². The summed E-state index contributed by atoms with van der Waals surface area (Å²) in [4.78, 5) is 4.85. The molecule has 2 bridgehead atoms. The van der Waals surface area contributed by atoms with Crippen LogP contribution in [0.15, 0.2) is 46.9 Å². The van der Waals surface area contributed by atoms with Crippen LogP contribution in [0.3, 0.4) is 0 Å². The fourth-order valence-corrected chi connectivity index (χ4v) is 5.53. The van der Waals surface area contributed by atoms with Crippen molar-refractivity contribution in [3.8, 4) is 11.5 Å². The van der Waals surface area contributed by atoms with Crippen molar-refractivity contribution in [3.63, 3.8) is 0 Å². The van der Waals surface area contributed by atoms with E-state index in [0.29, 0.717) is 17.9 Å². The standard InChI is InChI=1S/C21H20N4OS/c1-2-4-18-16(3-1)17-13-14(5-6-19(17)27-18)20-22-23-21(26-20)25-12-11-24-9-7-15(25)8-10-24/h1-6,13,15H,7-12H2. The molecule has 2 aromatic heterocycles. The smallest absolute Gasteiger partial charge is 0.318 e. The summed E-state index contributed by atoms with van der Waals surface area (Å²) in [6.45, 7) is 4.43. The predicted octanol–water partition coefficient (Wildman–Crippen LogP) is 4.39. The molecule has 0 saturated carbocycles. The minimum atomic E-state index is 0.528. The molecule has 0 radical (unpaired) electrons. The lowest BCUT2D eigenvalue weighted by Crippen LogP contribution is -2.38. The van der Waals surface area contributed by atoms with Crippen LogP contribution in [0.5, 0.6) is 0 Å². The minimum Gasteiger partial charge on any atom is -0.403 e. The summed E-state index contributed by atoms with van der Waals surface area (Å²) in [6.07, 6.45) is 2.37. The van der Waals surface area contributed by atoms with Gasteiger partial charge in [0, 0.05) is 58.0 Å². The van der Waals surface area contributed by atoms with Crippen LogP contribution in [0.25, 0.3) is 31.6 Å². The number of hydrogen-bond donors (Lipinski definition) is 0. The van der Waals surface area contributed by atoms with Gasteiger partial charge in [-0.2, -0.15) is 0 Å². The Kier molecular flexibility index (Phi) is 3.49. The Morgan fingerprint density at radius 3 is 2.67 bits per heavy atom. The summed E-state index contributed by atoms with van der Waals surface area (Å²) in [6, 6.07) is 16.2. The SMILES string of the molecule is c1ccc2c(c1)sc1ccc(-c3nnc(N4CCN5CCC4CC5)o3)cc12. The molecule has 136 valence electrons. The van der Waals surface area contributed by atoms with Crippen molar-refractivity contribution < 1.29 is 4.42 Å². The first-order valence-electron chi connectivity index (χ1n) is 9.59. The van der Waals surface area contributed by atoms with Gasteiger partial charge in [0.25, 0.3) is 0 Å². The van der Waals surface area contributed by atoms with Gasteiger partial charge in [-0.3, -0.25) is 0 Å². The van der Waals surface area contributed by atoms with Crippen molar-refractivity contribution >= 4 is 37.5 Å². The van der Waals surface area contributed by atoms with Crippen LogP contribution in [-0.2, 0) is 0 Å². The maximum Gasteiger partial charge on any atom is 0.318 e. The van der Waals surface area contributed by atoms with Gasteiger partial charge in [0.2, 0.25) is 5.89 Å². The van der Waals surface area contributed by atoms with Gasteiger partial charge in [0.05, 0.1) is 0 Å². The summed E-state index contributed by atoms with van der Waals surface area (Å²) in [5, 5.41) is 11.3. The second-order valence-electron chi connectivity index (χ2n) is 7.47. The topological polar surface area (TPSA) is 45.4 Å². The normalized spacial score (nSPS) is 22.6. The summed E-state index contributed by atoms with van der Waals surface area (Å²) in [5.41, 5.74) is 0.993. The van der Waals surface area contributed by atoms with Crippen molar-refractivity contribution in [2.45, 2.75) is 18.9 Å².